The number of benzene rings is 2. The van der Waals surface area contributed by atoms with Crippen LogP contribution in [0, 0.1) is 5.82 Å². The highest BCUT2D eigenvalue weighted by molar-refractivity contribution is 5.97. The minimum absolute atomic E-state index is 0.0171. The lowest BCUT2D eigenvalue weighted by Gasteiger charge is -2.15. The van der Waals surface area contributed by atoms with Gasteiger partial charge < -0.3 is 15.0 Å². The Morgan fingerprint density at radius 3 is 2.60 bits per heavy atom. The molecule has 0 radical (unpaired) electrons. The van der Waals surface area contributed by atoms with Gasteiger partial charge in [-0.2, -0.15) is 5.10 Å². The molecule has 1 aromatic heterocycles. The molecule has 1 N–H and O–H groups in total. The SMILES string of the molecule is CC(=O)N1CCc2cc(NC(=O)COC(=O)c3nn(-c4ccc(F)cc4)c4c3CCCC4)ccc21. The van der Waals surface area contributed by atoms with E-state index in [-0.39, 0.29) is 17.4 Å². The molecule has 1 aliphatic heterocycles. The van der Waals surface area contributed by atoms with Crippen LogP contribution in [0.5, 0.6) is 0 Å². The van der Waals surface area contributed by atoms with Crippen LogP contribution in [0.2, 0.25) is 0 Å². The predicted molar refractivity (Wildman–Crippen MR) is 127 cm³/mol. The van der Waals surface area contributed by atoms with Crippen molar-refractivity contribution in [3.63, 3.8) is 0 Å². The summed E-state index contributed by atoms with van der Waals surface area (Å²) in [5.74, 6) is -1.49. The van der Waals surface area contributed by atoms with Crippen molar-refractivity contribution in [1.29, 1.82) is 0 Å². The summed E-state index contributed by atoms with van der Waals surface area (Å²) in [6.07, 6.45) is 4.08. The van der Waals surface area contributed by atoms with E-state index in [1.807, 2.05) is 6.07 Å². The number of fused-ring (bicyclic) bond motifs is 2. The van der Waals surface area contributed by atoms with Crippen LogP contribution in [-0.4, -0.2) is 40.7 Å². The van der Waals surface area contributed by atoms with Crippen molar-refractivity contribution in [3.05, 3.63) is 70.8 Å². The van der Waals surface area contributed by atoms with E-state index in [1.165, 1.54) is 19.1 Å². The Morgan fingerprint density at radius 2 is 1.83 bits per heavy atom. The summed E-state index contributed by atoms with van der Waals surface area (Å²) in [4.78, 5) is 38.7. The zero-order valence-electron chi connectivity index (χ0n) is 19.3. The van der Waals surface area contributed by atoms with E-state index in [0.29, 0.717) is 24.3 Å². The first-order chi connectivity index (χ1) is 16.9. The van der Waals surface area contributed by atoms with E-state index in [4.69, 9.17) is 4.74 Å². The predicted octanol–water partition coefficient (Wildman–Crippen LogP) is 3.59. The van der Waals surface area contributed by atoms with Crippen LogP contribution >= 0.6 is 0 Å². The first-order valence-corrected chi connectivity index (χ1v) is 11.7. The number of hydrogen-bond acceptors (Lipinski definition) is 5. The summed E-state index contributed by atoms with van der Waals surface area (Å²) >= 11 is 0. The number of rotatable bonds is 5. The number of carbonyl (C=O) groups is 3. The Bertz CT molecular complexity index is 1320. The Labute approximate surface area is 201 Å². The number of aromatic nitrogens is 2. The topological polar surface area (TPSA) is 93.5 Å². The third-order valence-electron chi connectivity index (χ3n) is 6.42. The van der Waals surface area contributed by atoms with Gasteiger partial charge in [0.1, 0.15) is 5.82 Å². The second-order valence-electron chi connectivity index (χ2n) is 8.76. The molecule has 0 saturated heterocycles. The van der Waals surface area contributed by atoms with Gasteiger partial charge in [0.25, 0.3) is 5.91 Å². The third kappa shape index (κ3) is 4.53. The minimum Gasteiger partial charge on any atom is -0.451 e. The highest BCUT2D eigenvalue weighted by Gasteiger charge is 2.27. The van der Waals surface area contributed by atoms with Gasteiger partial charge in [0.2, 0.25) is 5.91 Å². The highest BCUT2D eigenvalue weighted by Crippen LogP contribution is 2.31. The first kappa shape index (κ1) is 22.8. The molecule has 2 heterocycles. The number of esters is 1. The maximum atomic E-state index is 13.4. The molecule has 1 aliphatic carbocycles. The number of hydrogen-bond donors (Lipinski definition) is 1. The lowest BCUT2D eigenvalue weighted by atomic mass is 9.95. The zero-order chi connectivity index (χ0) is 24.5. The van der Waals surface area contributed by atoms with Gasteiger partial charge in [-0.1, -0.05) is 0 Å². The van der Waals surface area contributed by atoms with Crippen molar-refractivity contribution < 1.29 is 23.5 Å². The quantitative estimate of drug-likeness (QED) is 0.568. The smallest absolute Gasteiger partial charge is 0.359 e. The van der Waals surface area contributed by atoms with Gasteiger partial charge in [0.05, 0.1) is 5.69 Å². The summed E-state index contributed by atoms with van der Waals surface area (Å²) in [7, 11) is 0. The number of ether oxygens (including phenoxy) is 1. The Hall–Kier alpha value is -4.01. The average Bonchev–Trinajstić information content (AvgIpc) is 3.45. The standard InChI is InChI=1S/C26H25FN4O4/c1-16(32)30-13-12-17-14-19(8-11-22(17)30)28-24(33)15-35-26(34)25-21-4-2-3-5-23(21)31(29-25)20-9-6-18(27)7-10-20/h6-11,14H,2-5,12-13,15H2,1H3,(H,28,33). The highest BCUT2D eigenvalue weighted by atomic mass is 19.1. The second kappa shape index (κ2) is 9.32. The molecule has 35 heavy (non-hydrogen) atoms. The van der Waals surface area contributed by atoms with Crippen LogP contribution < -0.4 is 10.2 Å². The fourth-order valence-corrected chi connectivity index (χ4v) is 4.76. The molecule has 0 fully saturated rings. The molecule has 0 atom stereocenters. The van der Waals surface area contributed by atoms with Crippen molar-refractivity contribution in [2.24, 2.45) is 0 Å². The van der Waals surface area contributed by atoms with Gasteiger partial charge in [-0.05, 0) is 80.1 Å². The van der Waals surface area contributed by atoms with Crippen LogP contribution in [-0.2, 0) is 33.6 Å². The number of anilines is 2. The van der Waals surface area contributed by atoms with E-state index < -0.39 is 18.5 Å². The van der Waals surface area contributed by atoms with Crippen LogP contribution in [0.4, 0.5) is 15.8 Å². The summed E-state index contributed by atoms with van der Waals surface area (Å²) in [5.41, 5.74) is 5.00. The Balaban J connectivity index is 1.26. The van der Waals surface area contributed by atoms with E-state index >= 15 is 0 Å². The molecular formula is C26H25FN4O4. The average molecular weight is 477 g/mol. The lowest BCUT2D eigenvalue weighted by Crippen LogP contribution is -2.25. The number of nitrogens with zero attached hydrogens (tertiary/aromatic N) is 3. The Morgan fingerprint density at radius 1 is 1.06 bits per heavy atom. The van der Waals surface area contributed by atoms with Crippen molar-refractivity contribution in [3.8, 4) is 5.69 Å². The molecule has 9 heteroatoms. The third-order valence-corrected chi connectivity index (χ3v) is 6.42. The van der Waals surface area contributed by atoms with E-state index in [9.17, 15) is 18.8 Å². The summed E-state index contributed by atoms with van der Waals surface area (Å²) < 4.78 is 20.3. The van der Waals surface area contributed by atoms with Gasteiger partial charge in [0, 0.05) is 36.1 Å². The molecule has 0 bridgehead atoms. The maximum absolute atomic E-state index is 13.4. The lowest BCUT2D eigenvalue weighted by molar-refractivity contribution is -0.119. The molecule has 2 amide bonds. The first-order valence-electron chi connectivity index (χ1n) is 11.7. The number of carbonyl (C=O) groups excluding carboxylic acids is 3. The maximum Gasteiger partial charge on any atom is 0.359 e. The minimum atomic E-state index is -0.662. The van der Waals surface area contributed by atoms with Crippen molar-refractivity contribution >= 4 is 29.2 Å². The van der Waals surface area contributed by atoms with E-state index in [0.717, 1.165) is 48.2 Å². The molecule has 5 rings (SSSR count). The van der Waals surface area contributed by atoms with Gasteiger partial charge in [-0.3, -0.25) is 9.59 Å². The number of nitrogens with one attached hydrogen (secondary N) is 1. The van der Waals surface area contributed by atoms with Gasteiger partial charge in [0.15, 0.2) is 12.3 Å². The molecule has 2 aromatic carbocycles. The van der Waals surface area contributed by atoms with Crippen LogP contribution in [0.15, 0.2) is 42.5 Å². The summed E-state index contributed by atoms with van der Waals surface area (Å²) in [6.45, 7) is 1.70. The largest absolute Gasteiger partial charge is 0.451 e. The molecule has 0 saturated carbocycles. The number of halogens is 1. The second-order valence-corrected chi connectivity index (χ2v) is 8.76. The fraction of sp³-hybridized carbons (Fsp3) is 0.308. The molecule has 3 aromatic rings. The van der Waals surface area contributed by atoms with Gasteiger partial charge in [-0.25, -0.2) is 13.9 Å². The molecule has 0 unspecified atom stereocenters. The van der Waals surface area contributed by atoms with Gasteiger partial charge >= 0.3 is 5.97 Å². The van der Waals surface area contributed by atoms with E-state index in [1.54, 1.807) is 33.8 Å². The van der Waals surface area contributed by atoms with Crippen molar-refractivity contribution in [1.82, 2.24) is 9.78 Å². The monoisotopic (exact) mass is 476 g/mol. The fourth-order valence-electron chi connectivity index (χ4n) is 4.76. The van der Waals surface area contributed by atoms with Crippen LogP contribution in [0.1, 0.15) is 47.1 Å². The van der Waals surface area contributed by atoms with Gasteiger partial charge in [-0.15, -0.1) is 0 Å². The zero-order valence-corrected chi connectivity index (χ0v) is 19.3. The van der Waals surface area contributed by atoms with Crippen molar-refractivity contribution in [2.75, 3.05) is 23.4 Å². The molecule has 8 nitrogen and oxygen atoms in total. The van der Waals surface area contributed by atoms with E-state index in [2.05, 4.69) is 10.4 Å². The molecular weight excluding hydrogens is 451 g/mol. The van der Waals surface area contributed by atoms with Crippen LogP contribution in [0.25, 0.3) is 5.69 Å². The van der Waals surface area contributed by atoms with Crippen LogP contribution in [0.3, 0.4) is 0 Å². The molecule has 2 aliphatic rings. The number of amides is 2. The molecule has 180 valence electrons. The summed E-state index contributed by atoms with van der Waals surface area (Å²) in [5, 5.41) is 7.21. The van der Waals surface area contributed by atoms with Crippen molar-refractivity contribution in [2.45, 2.75) is 39.0 Å². The Kier molecular flexibility index (Phi) is 6.07. The normalized spacial score (nSPS) is 14.3. The molecule has 0 spiro atoms. The summed E-state index contributed by atoms with van der Waals surface area (Å²) in [6, 6.07) is 11.3.